The zero-order chi connectivity index (χ0) is 18.1. The van der Waals surface area contributed by atoms with Crippen molar-refractivity contribution in [1.29, 1.82) is 0 Å². The smallest absolute Gasteiger partial charge is 0.228 e. The number of carbonyl (C=O) groups excluding carboxylic acids is 1. The molecule has 1 saturated heterocycles. The number of piperidine rings is 1. The molecule has 0 bridgehead atoms. The molecule has 1 N–H and O–H groups in total. The molecule has 0 aromatic heterocycles. The SMILES string of the molecule is O=C(Nc1ccc(F)c(F)c1)C1CC12CCN(Cc1ccccc1)CC2. The van der Waals surface area contributed by atoms with Gasteiger partial charge in [-0.05, 0) is 55.5 Å². The average Bonchev–Trinajstić information content (AvgIpc) is 3.35. The summed E-state index contributed by atoms with van der Waals surface area (Å²) in [6, 6.07) is 13.9. The lowest BCUT2D eigenvalue weighted by atomic mass is 9.90. The van der Waals surface area contributed by atoms with Gasteiger partial charge in [-0.1, -0.05) is 30.3 Å². The van der Waals surface area contributed by atoms with Crippen LogP contribution in [0.2, 0.25) is 0 Å². The van der Waals surface area contributed by atoms with Crippen LogP contribution in [0.3, 0.4) is 0 Å². The van der Waals surface area contributed by atoms with Gasteiger partial charge < -0.3 is 5.32 Å². The van der Waals surface area contributed by atoms with Crippen molar-refractivity contribution >= 4 is 11.6 Å². The maximum absolute atomic E-state index is 13.3. The number of rotatable bonds is 4. The fourth-order valence-electron chi connectivity index (χ4n) is 4.07. The molecule has 1 atom stereocenters. The Morgan fingerprint density at radius 2 is 1.81 bits per heavy atom. The molecule has 2 aliphatic rings. The summed E-state index contributed by atoms with van der Waals surface area (Å²) in [5, 5.41) is 2.74. The molecule has 136 valence electrons. The van der Waals surface area contributed by atoms with Crippen LogP contribution >= 0.6 is 0 Å². The predicted molar refractivity (Wildman–Crippen MR) is 96.5 cm³/mol. The molecule has 4 rings (SSSR count). The third-order valence-electron chi connectivity index (χ3n) is 5.79. The molecule has 3 nitrogen and oxygen atoms in total. The van der Waals surface area contributed by atoms with E-state index in [2.05, 4.69) is 34.5 Å². The number of halogens is 2. The van der Waals surface area contributed by atoms with Crippen molar-refractivity contribution in [2.75, 3.05) is 18.4 Å². The maximum Gasteiger partial charge on any atom is 0.228 e. The van der Waals surface area contributed by atoms with E-state index < -0.39 is 11.6 Å². The van der Waals surface area contributed by atoms with Crippen molar-refractivity contribution in [2.24, 2.45) is 11.3 Å². The van der Waals surface area contributed by atoms with Crippen molar-refractivity contribution < 1.29 is 13.6 Å². The van der Waals surface area contributed by atoms with Gasteiger partial charge in [-0.3, -0.25) is 9.69 Å². The largest absolute Gasteiger partial charge is 0.326 e. The molecule has 2 aromatic carbocycles. The van der Waals surface area contributed by atoms with Gasteiger partial charge in [-0.25, -0.2) is 8.78 Å². The van der Waals surface area contributed by atoms with Gasteiger partial charge in [0.25, 0.3) is 0 Å². The van der Waals surface area contributed by atoms with E-state index in [0.717, 1.165) is 51.0 Å². The first-order chi connectivity index (χ1) is 12.6. The van der Waals surface area contributed by atoms with E-state index in [9.17, 15) is 13.6 Å². The lowest BCUT2D eigenvalue weighted by molar-refractivity contribution is -0.118. The molecule has 1 aliphatic heterocycles. The van der Waals surface area contributed by atoms with Gasteiger partial charge >= 0.3 is 0 Å². The van der Waals surface area contributed by atoms with Gasteiger partial charge in [-0.2, -0.15) is 0 Å². The van der Waals surface area contributed by atoms with E-state index in [1.54, 1.807) is 0 Å². The lowest BCUT2D eigenvalue weighted by Crippen LogP contribution is -2.35. The van der Waals surface area contributed by atoms with E-state index in [4.69, 9.17) is 0 Å². The van der Waals surface area contributed by atoms with Crippen LogP contribution in [0.15, 0.2) is 48.5 Å². The Balaban J connectivity index is 1.30. The highest BCUT2D eigenvalue weighted by Crippen LogP contribution is 2.59. The van der Waals surface area contributed by atoms with Crippen molar-refractivity contribution in [2.45, 2.75) is 25.8 Å². The maximum atomic E-state index is 13.3. The van der Waals surface area contributed by atoms with Crippen LogP contribution < -0.4 is 5.32 Å². The first-order valence-corrected chi connectivity index (χ1v) is 9.08. The van der Waals surface area contributed by atoms with Gasteiger partial charge in [-0.15, -0.1) is 0 Å². The summed E-state index contributed by atoms with van der Waals surface area (Å²) in [6.45, 7) is 2.93. The third-order valence-corrected chi connectivity index (χ3v) is 5.79. The van der Waals surface area contributed by atoms with E-state index >= 15 is 0 Å². The summed E-state index contributed by atoms with van der Waals surface area (Å²) in [5.41, 5.74) is 1.72. The quantitative estimate of drug-likeness (QED) is 0.890. The van der Waals surface area contributed by atoms with Crippen LogP contribution in [-0.2, 0) is 11.3 Å². The first-order valence-electron chi connectivity index (χ1n) is 9.08. The van der Waals surface area contributed by atoms with E-state index in [0.29, 0.717) is 5.69 Å². The summed E-state index contributed by atoms with van der Waals surface area (Å²) < 4.78 is 26.3. The molecule has 5 heteroatoms. The summed E-state index contributed by atoms with van der Waals surface area (Å²) in [6.07, 6.45) is 2.91. The minimum absolute atomic E-state index is 0.0190. The molecule has 1 amide bonds. The van der Waals surface area contributed by atoms with E-state index in [1.165, 1.54) is 11.6 Å². The van der Waals surface area contributed by atoms with Crippen molar-refractivity contribution in [3.05, 3.63) is 65.7 Å². The lowest BCUT2D eigenvalue weighted by Gasteiger charge is -2.32. The normalized spacial score (nSPS) is 21.5. The van der Waals surface area contributed by atoms with Gasteiger partial charge in [0.15, 0.2) is 11.6 Å². The Hall–Kier alpha value is -2.27. The molecule has 2 aromatic rings. The summed E-state index contributed by atoms with van der Waals surface area (Å²) in [5.74, 6) is -1.94. The van der Waals surface area contributed by atoms with Crippen LogP contribution in [0, 0.1) is 23.0 Å². The van der Waals surface area contributed by atoms with Crippen LogP contribution in [-0.4, -0.2) is 23.9 Å². The van der Waals surface area contributed by atoms with Crippen LogP contribution in [0.1, 0.15) is 24.8 Å². The molecule has 1 saturated carbocycles. The predicted octanol–water partition coefficient (Wildman–Crippen LogP) is 4.21. The standard InChI is InChI=1S/C21H22F2N2O/c22-18-7-6-16(12-19(18)23)24-20(26)17-13-21(17)8-10-25(11-9-21)14-15-4-2-1-3-5-15/h1-7,12,17H,8-11,13-14H2,(H,24,26). The molecule has 1 unspecified atom stereocenters. The number of hydrogen-bond acceptors (Lipinski definition) is 2. The number of likely N-dealkylation sites (tertiary alicyclic amines) is 1. The van der Waals surface area contributed by atoms with E-state index in [1.807, 2.05) is 6.07 Å². The summed E-state index contributed by atoms with van der Waals surface area (Å²) in [7, 11) is 0. The Labute approximate surface area is 152 Å². The Morgan fingerprint density at radius 1 is 1.08 bits per heavy atom. The number of nitrogens with zero attached hydrogens (tertiary/aromatic N) is 1. The highest BCUT2D eigenvalue weighted by atomic mass is 19.2. The minimum atomic E-state index is -0.942. The number of nitrogens with one attached hydrogen (secondary N) is 1. The van der Waals surface area contributed by atoms with Crippen LogP contribution in [0.5, 0.6) is 0 Å². The zero-order valence-corrected chi connectivity index (χ0v) is 14.6. The molecule has 1 spiro atoms. The molecule has 2 fully saturated rings. The zero-order valence-electron chi connectivity index (χ0n) is 14.6. The highest BCUT2D eigenvalue weighted by Gasteiger charge is 2.58. The van der Waals surface area contributed by atoms with Gasteiger partial charge in [0.1, 0.15) is 0 Å². The molecular formula is C21H22F2N2O. The molecule has 1 heterocycles. The fraction of sp³-hybridized carbons (Fsp3) is 0.381. The average molecular weight is 356 g/mol. The van der Waals surface area contributed by atoms with Crippen LogP contribution in [0.25, 0.3) is 0 Å². The second-order valence-electron chi connectivity index (χ2n) is 7.50. The Bertz CT molecular complexity index is 801. The van der Waals surface area contributed by atoms with E-state index in [-0.39, 0.29) is 17.2 Å². The van der Waals surface area contributed by atoms with Gasteiger partial charge in [0.05, 0.1) is 0 Å². The van der Waals surface area contributed by atoms with Gasteiger partial charge in [0, 0.05) is 24.2 Å². The molecule has 0 radical (unpaired) electrons. The molecule has 26 heavy (non-hydrogen) atoms. The van der Waals surface area contributed by atoms with Crippen molar-refractivity contribution in [1.82, 2.24) is 4.90 Å². The second-order valence-corrected chi connectivity index (χ2v) is 7.50. The van der Waals surface area contributed by atoms with Crippen molar-refractivity contribution in [3.63, 3.8) is 0 Å². The topological polar surface area (TPSA) is 32.3 Å². The number of anilines is 1. The minimum Gasteiger partial charge on any atom is -0.326 e. The van der Waals surface area contributed by atoms with Gasteiger partial charge in [0.2, 0.25) is 5.91 Å². The number of benzene rings is 2. The highest BCUT2D eigenvalue weighted by molar-refractivity contribution is 5.95. The number of carbonyl (C=O) groups is 1. The number of hydrogen-bond donors (Lipinski definition) is 1. The van der Waals surface area contributed by atoms with Crippen LogP contribution in [0.4, 0.5) is 14.5 Å². The summed E-state index contributed by atoms with van der Waals surface area (Å²) in [4.78, 5) is 14.9. The second kappa shape index (κ2) is 6.80. The summed E-state index contributed by atoms with van der Waals surface area (Å²) >= 11 is 0. The van der Waals surface area contributed by atoms with Crippen molar-refractivity contribution in [3.8, 4) is 0 Å². The Morgan fingerprint density at radius 3 is 2.50 bits per heavy atom. The monoisotopic (exact) mass is 356 g/mol. The fourth-order valence-corrected chi connectivity index (χ4v) is 4.07. The Kier molecular flexibility index (Phi) is 4.49. The molecular weight excluding hydrogens is 334 g/mol. The third kappa shape index (κ3) is 3.49. The number of amides is 1. The molecule has 1 aliphatic carbocycles. The first kappa shape index (κ1) is 17.2.